The van der Waals surface area contributed by atoms with Gasteiger partial charge in [-0.1, -0.05) is 91.3 Å². The van der Waals surface area contributed by atoms with Crippen LogP contribution in [-0.2, 0) is 4.79 Å². The Balaban J connectivity index is 1.60. The average Bonchev–Trinajstić information content (AvgIpc) is 3.16. The highest BCUT2D eigenvalue weighted by Gasteiger charge is 2.44. The lowest BCUT2D eigenvalue weighted by molar-refractivity contribution is -0.120. The third-order valence-electron chi connectivity index (χ3n) is 6.57. The number of ketones is 2. The van der Waals surface area contributed by atoms with Crippen LogP contribution in [0.3, 0.4) is 0 Å². The van der Waals surface area contributed by atoms with Gasteiger partial charge in [0.05, 0.1) is 11.6 Å². The molecule has 0 heterocycles. The molecule has 0 spiro atoms. The van der Waals surface area contributed by atoms with Gasteiger partial charge in [-0.25, -0.2) is 0 Å². The van der Waals surface area contributed by atoms with Gasteiger partial charge < -0.3 is 0 Å². The van der Waals surface area contributed by atoms with E-state index in [0.29, 0.717) is 11.3 Å². The zero-order valence-corrected chi connectivity index (χ0v) is 18.5. The largest absolute Gasteiger partial charge is 0.297 e. The SMILES string of the molecule is O=C1c2ccccc2/C(=N\N=C2CCCCC2)C1C(=O)C(c1ccccc1)c1ccccc1. The number of Topliss-reactive ketones (excluding diaryl/α,β-unsaturated/α-hetero) is 2. The van der Waals surface area contributed by atoms with Crippen LogP contribution in [0.4, 0.5) is 0 Å². The minimum atomic E-state index is -0.958. The Morgan fingerprint density at radius 2 is 1.24 bits per heavy atom. The molecule has 0 bridgehead atoms. The molecule has 5 rings (SSSR count). The summed E-state index contributed by atoms with van der Waals surface area (Å²) in [6.07, 6.45) is 5.31. The highest BCUT2D eigenvalue weighted by molar-refractivity contribution is 6.38. The fourth-order valence-electron chi connectivity index (χ4n) is 4.90. The van der Waals surface area contributed by atoms with Crippen molar-refractivity contribution in [2.45, 2.75) is 38.0 Å². The Labute approximate surface area is 194 Å². The van der Waals surface area contributed by atoms with Crippen molar-refractivity contribution < 1.29 is 9.59 Å². The summed E-state index contributed by atoms with van der Waals surface area (Å²) in [7, 11) is 0. The Kier molecular flexibility index (Phi) is 6.07. The smallest absolute Gasteiger partial charge is 0.180 e. The third kappa shape index (κ3) is 4.21. The predicted octanol–water partition coefficient (Wildman–Crippen LogP) is 6.01. The van der Waals surface area contributed by atoms with Gasteiger partial charge in [-0.3, -0.25) is 9.59 Å². The minimum absolute atomic E-state index is 0.156. The van der Waals surface area contributed by atoms with Crippen molar-refractivity contribution in [2.24, 2.45) is 16.1 Å². The van der Waals surface area contributed by atoms with E-state index in [9.17, 15) is 9.59 Å². The lowest BCUT2D eigenvalue weighted by Gasteiger charge is -2.20. The molecular formula is C29H26N2O2. The Morgan fingerprint density at radius 1 is 0.697 bits per heavy atom. The van der Waals surface area contributed by atoms with E-state index in [2.05, 4.69) is 10.2 Å². The molecule has 4 nitrogen and oxygen atoms in total. The average molecular weight is 435 g/mol. The first kappa shape index (κ1) is 21.2. The lowest BCUT2D eigenvalue weighted by Crippen LogP contribution is -2.31. The second-order valence-corrected chi connectivity index (χ2v) is 8.71. The van der Waals surface area contributed by atoms with Gasteiger partial charge in [0.15, 0.2) is 11.6 Å². The number of hydrogen-bond acceptors (Lipinski definition) is 4. The summed E-state index contributed by atoms with van der Waals surface area (Å²) in [6, 6.07) is 26.7. The quantitative estimate of drug-likeness (QED) is 0.365. The van der Waals surface area contributed by atoms with E-state index in [4.69, 9.17) is 0 Å². The molecule has 33 heavy (non-hydrogen) atoms. The molecule has 0 N–H and O–H groups in total. The lowest BCUT2D eigenvalue weighted by atomic mass is 9.80. The molecule has 164 valence electrons. The summed E-state index contributed by atoms with van der Waals surface area (Å²) >= 11 is 0. The summed E-state index contributed by atoms with van der Waals surface area (Å²) in [5, 5.41) is 9.11. The van der Waals surface area contributed by atoms with E-state index in [-0.39, 0.29) is 11.6 Å². The molecule has 2 aliphatic rings. The zero-order valence-electron chi connectivity index (χ0n) is 18.5. The highest BCUT2D eigenvalue weighted by Crippen LogP contribution is 2.35. The van der Waals surface area contributed by atoms with Crippen LogP contribution in [-0.4, -0.2) is 23.0 Å². The van der Waals surface area contributed by atoms with Crippen LogP contribution in [0.2, 0.25) is 0 Å². The maximum Gasteiger partial charge on any atom is 0.180 e. The molecule has 0 aliphatic heterocycles. The van der Waals surface area contributed by atoms with Gasteiger partial charge in [0.25, 0.3) is 0 Å². The molecule has 2 aliphatic carbocycles. The van der Waals surface area contributed by atoms with E-state index < -0.39 is 11.8 Å². The van der Waals surface area contributed by atoms with Crippen molar-refractivity contribution in [3.8, 4) is 0 Å². The van der Waals surface area contributed by atoms with Crippen LogP contribution < -0.4 is 0 Å². The van der Waals surface area contributed by atoms with Gasteiger partial charge in [0.2, 0.25) is 0 Å². The Hall–Kier alpha value is -3.66. The summed E-state index contributed by atoms with van der Waals surface area (Å²) in [4.78, 5) is 27.7. The first-order chi connectivity index (χ1) is 16.2. The third-order valence-corrected chi connectivity index (χ3v) is 6.57. The van der Waals surface area contributed by atoms with Crippen molar-refractivity contribution >= 4 is 23.0 Å². The van der Waals surface area contributed by atoms with Crippen LogP contribution in [0.15, 0.2) is 95.1 Å². The number of fused-ring (bicyclic) bond motifs is 1. The first-order valence-electron chi connectivity index (χ1n) is 11.6. The van der Waals surface area contributed by atoms with Crippen molar-refractivity contribution in [1.29, 1.82) is 0 Å². The Morgan fingerprint density at radius 3 is 1.85 bits per heavy atom. The second-order valence-electron chi connectivity index (χ2n) is 8.71. The molecule has 1 atom stereocenters. The predicted molar refractivity (Wildman–Crippen MR) is 131 cm³/mol. The minimum Gasteiger partial charge on any atom is -0.297 e. The standard InChI is InChI=1S/C29H26N2O2/c32-28-24-19-11-10-18-23(24)27(31-30-22-16-8-3-9-17-22)26(28)29(33)25(20-12-4-1-5-13-20)21-14-6-2-7-15-21/h1-2,4-7,10-15,18-19,25-26H,3,8-9,16-17H2/b31-27+. The topological polar surface area (TPSA) is 58.9 Å². The monoisotopic (exact) mass is 434 g/mol. The number of carbonyl (C=O) groups excluding carboxylic acids is 2. The molecule has 0 amide bonds. The molecule has 3 aromatic carbocycles. The number of hydrogen-bond donors (Lipinski definition) is 0. The zero-order chi connectivity index (χ0) is 22.6. The fourth-order valence-corrected chi connectivity index (χ4v) is 4.90. The van der Waals surface area contributed by atoms with Gasteiger partial charge in [-0.15, -0.1) is 0 Å². The van der Waals surface area contributed by atoms with Gasteiger partial charge in [0.1, 0.15) is 5.92 Å². The molecule has 4 heteroatoms. The van der Waals surface area contributed by atoms with E-state index in [1.165, 1.54) is 6.42 Å². The fraction of sp³-hybridized carbons (Fsp3) is 0.241. The second kappa shape index (κ2) is 9.45. The van der Waals surface area contributed by atoms with Crippen molar-refractivity contribution in [3.63, 3.8) is 0 Å². The van der Waals surface area contributed by atoms with Crippen LogP contribution >= 0.6 is 0 Å². The van der Waals surface area contributed by atoms with Gasteiger partial charge in [0, 0.05) is 16.8 Å². The summed E-state index contributed by atoms with van der Waals surface area (Å²) in [5.41, 5.74) is 4.56. The summed E-state index contributed by atoms with van der Waals surface area (Å²) in [5.74, 6) is -1.85. The number of nitrogens with zero attached hydrogens (tertiary/aromatic N) is 2. The van der Waals surface area contributed by atoms with Crippen LogP contribution in [0.1, 0.15) is 65.1 Å². The number of benzene rings is 3. The van der Waals surface area contributed by atoms with Crippen LogP contribution in [0.25, 0.3) is 0 Å². The summed E-state index contributed by atoms with van der Waals surface area (Å²) < 4.78 is 0. The van der Waals surface area contributed by atoms with Crippen LogP contribution in [0, 0.1) is 5.92 Å². The molecular weight excluding hydrogens is 408 g/mol. The van der Waals surface area contributed by atoms with Gasteiger partial charge in [-0.2, -0.15) is 10.2 Å². The van der Waals surface area contributed by atoms with Gasteiger partial charge >= 0.3 is 0 Å². The molecule has 1 saturated carbocycles. The van der Waals surface area contributed by atoms with Gasteiger partial charge in [-0.05, 0) is 36.8 Å². The maximum atomic E-state index is 14.1. The number of rotatable bonds is 5. The molecule has 1 unspecified atom stereocenters. The number of carbonyl (C=O) groups is 2. The highest BCUT2D eigenvalue weighted by atomic mass is 16.2. The van der Waals surface area contributed by atoms with Crippen molar-refractivity contribution in [2.75, 3.05) is 0 Å². The van der Waals surface area contributed by atoms with Crippen LogP contribution in [0.5, 0.6) is 0 Å². The van der Waals surface area contributed by atoms with E-state index >= 15 is 0 Å². The molecule has 0 aromatic heterocycles. The van der Waals surface area contributed by atoms with E-state index in [1.807, 2.05) is 78.9 Å². The normalized spacial score (nSPS) is 19.1. The molecule has 3 aromatic rings. The molecule has 0 saturated heterocycles. The van der Waals surface area contributed by atoms with E-state index in [0.717, 1.165) is 48.1 Å². The van der Waals surface area contributed by atoms with E-state index in [1.54, 1.807) is 6.07 Å². The maximum absolute atomic E-state index is 14.1. The summed E-state index contributed by atoms with van der Waals surface area (Å²) in [6.45, 7) is 0. The van der Waals surface area contributed by atoms with Crippen molar-refractivity contribution in [1.82, 2.24) is 0 Å². The first-order valence-corrected chi connectivity index (χ1v) is 11.6. The molecule has 1 fully saturated rings. The Bertz CT molecular complexity index is 1180. The molecule has 0 radical (unpaired) electrons. The van der Waals surface area contributed by atoms with Crippen molar-refractivity contribution in [3.05, 3.63) is 107 Å².